The molecule has 0 N–H and O–H groups in total. The molecule has 0 radical (unpaired) electrons. The number of hydrogen-bond donors (Lipinski definition) is 0. The maximum Gasteiger partial charge on any atom is 0.256 e. The molecule has 8 heteroatoms. The second-order valence-corrected chi connectivity index (χ2v) is 11.4. The molecule has 5 rings (SSSR count). The quantitative estimate of drug-likeness (QED) is 0.326. The Kier molecular flexibility index (Phi) is 7.12. The topological polar surface area (TPSA) is 65.3 Å². The average molecular weight is 562 g/mol. The fourth-order valence-electron chi connectivity index (χ4n) is 5.74. The van der Waals surface area contributed by atoms with Crippen LogP contribution in [0.5, 0.6) is 0 Å². The Labute approximate surface area is 238 Å². The summed E-state index contributed by atoms with van der Waals surface area (Å²) in [6.45, 7) is 11.6. The number of nitrogens with zero attached hydrogens (tertiary/aromatic N) is 4. The molecule has 0 unspecified atom stereocenters. The van der Waals surface area contributed by atoms with Gasteiger partial charge in [-0.25, -0.2) is 0 Å². The molecular formula is C31H30Cl2N4O2. The Morgan fingerprint density at radius 3 is 1.54 bits per heavy atom. The molecule has 39 heavy (non-hydrogen) atoms. The first-order valence-electron chi connectivity index (χ1n) is 12.9. The molecule has 0 spiro atoms. The number of aryl methyl sites for hydroxylation is 4. The van der Waals surface area contributed by atoms with Crippen molar-refractivity contribution >= 4 is 57.8 Å². The Balaban J connectivity index is 1.61. The summed E-state index contributed by atoms with van der Waals surface area (Å²) >= 11 is 13.0. The van der Waals surface area contributed by atoms with Gasteiger partial charge in [-0.2, -0.15) is 20.2 Å². The average Bonchev–Trinajstić information content (AvgIpc) is 3.30. The van der Waals surface area contributed by atoms with Crippen LogP contribution in [0.25, 0.3) is 0 Å². The Bertz CT molecular complexity index is 1490. The first-order chi connectivity index (χ1) is 18.5. The number of amides is 2. The van der Waals surface area contributed by atoms with Crippen LogP contribution in [0.15, 0.2) is 64.8 Å². The molecule has 0 fully saturated rings. The second kappa shape index (κ2) is 10.2. The summed E-state index contributed by atoms with van der Waals surface area (Å²) in [5.74, 6) is -2.49. The van der Waals surface area contributed by atoms with Gasteiger partial charge in [0.25, 0.3) is 11.8 Å². The third-order valence-corrected chi connectivity index (χ3v) is 8.13. The number of hydrogen-bond acceptors (Lipinski definition) is 4. The maximum atomic E-state index is 14.1. The van der Waals surface area contributed by atoms with Gasteiger partial charge in [-0.15, -0.1) is 0 Å². The maximum absolute atomic E-state index is 14.1. The first kappa shape index (κ1) is 27.1. The minimum Gasteiger partial charge on any atom is -0.272 e. The molecular weight excluding hydrogens is 531 g/mol. The van der Waals surface area contributed by atoms with Gasteiger partial charge < -0.3 is 0 Å². The van der Waals surface area contributed by atoms with E-state index in [1.54, 1.807) is 18.2 Å². The van der Waals surface area contributed by atoms with E-state index in [-0.39, 0.29) is 11.8 Å². The lowest BCUT2D eigenvalue weighted by molar-refractivity contribution is -0.122. The summed E-state index contributed by atoms with van der Waals surface area (Å²) in [6, 6.07) is 16.9. The van der Waals surface area contributed by atoms with Crippen molar-refractivity contribution in [3.63, 3.8) is 0 Å². The molecule has 200 valence electrons. The molecule has 2 atom stereocenters. The van der Waals surface area contributed by atoms with Crippen LogP contribution in [0.4, 0.5) is 11.4 Å². The third-order valence-electron chi connectivity index (χ3n) is 7.57. The van der Waals surface area contributed by atoms with Crippen molar-refractivity contribution < 1.29 is 9.59 Å². The normalized spacial score (nSPS) is 19.3. The summed E-state index contributed by atoms with van der Waals surface area (Å²) in [7, 11) is 0. The minimum absolute atomic E-state index is 0.207. The number of carbonyl (C=O) groups is 2. The van der Waals surface area contributed by atoms with E-state index < -0.39 is 17.8 Å². The van der Waals surface area contributed by atoms with Crippen molar-refractivity contribution in [3.05, 3.63) is 92.5 Å². The molecule has 2 aliphatic heterocycles. The van der Waals surface area contributed by atoms with Crippen LogP contribution in [-0.4, -0.2) is 23.2 Å². The van der Waals surface area contributed by atoms with Gasteiger partial charge in [-0.1, -0.05) is 64.7 Å². The van der Waals surface area contributed by atoms with Gasteiger partial charge in [-0.05, 0) is 82.5 Å². The van der Waals surface area contributed by atoms with E-state index in [1.165, 1.54) is 10.0 Å². The van der Waals surface area contributed by atoms with Crippen LogP contribution in [0.1, 0.15) is 47.6 Å². The monoisotopic (exact) mass is 560 g/mol. The number of halogens is 2. The summed E-state index contributed by atoms with van der Waals surface area (Å²) in [4.78, 5) is 28.3. The predicted octanol–water partition coefficient (Wildman–Crippen LogP) is 7.39. The van der Waals surface area contributed by atoms with Gasteiger partial charge >= 0.3 is 0 Å². The van der Waals surface area contributed by atoms with Crippen molar-refractivity contribution in [1.82, 2.24) is 0 Å². The summed E-state index contributed by atoms with van der Waals surface area (Å²) in [5.41, 5.74) is 7.40. The molecule has 0 saturated heterocycles. The largest absolute Gasteiger partial charge is 0.272 e. The summed E-state index contributed by atoms with van der Waals surface area (Å²) < 4.78 is 0. The van der Waals surface area contributed by atoms with E-state index in [9.17, 15) is 9.59 Å². The van der Waals surface area contributed by atoms with Gasteiger partial charge in [0.2, 0.25) is 0 Å². The van der Waals surface area contributed by atoms with Gasteiger partial charge in [0, 0.05) is 27.4 Å². The SMILES string of the molecule is CC1=NN(c2ccc(C)cc2C)C(=O)[C@H]1C(c1ccc(Cl)cc1Cl)[C@@H]1C(=O)N(c2ccc(C)cc2C)N=C1C. The summed E-state index contributed by atoms with van der Waals surface area (Å²) in [6.07, 6.45) is 0. The summed E-state index contributed by atoms with van der Waals surface area (Å²) in [5, 5.41) is 13.2. The highest BCUT2D eigenvalue weighted by atomic mass is 35.5. The third kappa shape index (κ3) is 4.77. The zero-order valence-electron chi connectivity index (χ0n) is 22.8. The van der Waals surface area contributed by atoms with E-state index in [0.29, 0.717) is 38.4 Å². The number of benzene rings is 3. The van der Waals surface area contributed by atoms with Crippen LogP contribution >= 0.6 is 23.2 Å². The van der Waals surface area contributed by atoms with Crippen LogP contribution in [0.3, 0.4) is 0 Å². The number of carbonyl (C=O) groups excluding carboxylic acids is 2. The molecule has 2 aliphatic rings. The van der Waals surface area contributed by atoms with Crippen molar-refractivity contribution in [1.29, 1.82) is 0 Å². The van der Waals surface area contributed by atoms with Crippen molar-refractivity contribution in [2.24, 2.45) is 22.0 Å². The lowest BCUT2D eigenvalue weighted by Gasteiger charge is -2.29. The molecule has 0 aromatic heterocycles. The number of hydrazone groups is 2. The highest BCUT2D eigenvalue weighted by molar-refractivity contribution is 6.35. The van der Waals surface area contributed by atoms with E-state index in [0.717, 1.165) is 22.3 Å². The van der Waals surface area contributed by atoms with Gasteiger partial charge in [0.1, 0.15) is 0 Å². The predicted molar refractivity (Wildman–Crippen MR) is 159 cm³/mol. The molecule has 2 heterocycles. The van der Waals surface area contributed by atoms with Crippen LogP contribution in [0.2, 0.25) is 10.0 Å². The minimum atomic E-state index is -0.720. The Hall–Kier alpha value is -3.48. The van der Waals surface area contributed by atoms with Crippen LogP contribution < -0.4 is 10.0 Å². The highest BCUT2D eigenvalue weighted by Crippen LogP contribution is 2.45. The molecule has 0 saturated carbocycles. The van der Waals surface area contributed by atoms with Gasteiger partial charge in [0.05, 0.1) is 23.2 Å². The molecule has 3 aromatic carbocycles. The first-order valence-corrected chi connectivity index (χ1v) is 13.6. The van der Waals surface area contributed by atoms with Crippen LogP contribution in [0, 0.1) is 39.5 Å². The fraction of sp³-hybridized carbons (Fsp3) is 0.290. The van der Waals surface area contributed by atoms with E-state index >= 15 is 0 Å². The molecule has 3 aromatic rings. The Morgan fingerprint density at radius 2 is 1.13 bits per heavy atom. The smallest absolute Gasteiger partial charge is 0.256 e. The lowest BCUT2D eigenvalue weighted by Crippen LogP contribution is -2.40. The van der Waals surface area contributed by atoms with Crippen LogP contribution in [-0.2, 0) is 9.59 Å². The molecule has 2 amide bonds. The van der Waals surface area contributed by atoms with E-state index in [4.69, 9.17) is 33.4 Å². The number of rotatable bonds is 5. The van der Waals surface area contributed by atoms with Crippen molar-refractivity contribution in [2.45, 2.75) is 47.5 Å². The van der Waals surface area contributed by atoms with Crippen molar-refractivity contribution in [3.8, 4) is 0 Å². The second-order valence-electron chi connectivity index (χ2n) is 10.5. The highest BCUT2D eigenvalue weighted by Gasteiger charge is 2.50. The standard InChI is InChI=1S/C31H30Cl2N4O2/c1-16-7-11-25(18(3)13-16)36-30(38)27(20(5)34-36)29(23-10-9-22(32)15-24(23)33)28-21(6)35-37(31(28)39)26-12-8-17(2)14-19(26)4/h7-15,27-29H,1-6H3/t27-,28-/m1/s1. The number of anilines is 2. The van der Waals surface area contributed by atoms with Gasteiger partial charge in [-0.3, -0.25) is 9.59 Å². The zero-order valence-corrected chi connectivity index (χ0v) is 24.3. The van der Waals surface area contributed by atoms with E-state index in [2.05, 4.69) is 0 Å². The van der Waals surface area contributed by atoms with E-state index in [1.807, 2.05) is 77.9 Å². The lowest BCUT2D eigenvalue weighted by atomic mass is 9.73. The molecule has 0 aliphatic carbocycles. The molecule has 0 bridgehead atoms. The Morgan fingerprint density at radius 1 is 0.667 bits per heavy atom. The zero-order chi connectivity index (χ0) is 28.2. The molecule has 6 nitrogen and oxygen atoms in total. The van der Waals surface area contributed by atoms with Gasteiger partial charge in [0.15, 0.2) is 0 Å². The fourth-order valence-corrected chi connectivity index (χ4v) is 6.28. The van der Waals surface area contributed by atoms with Crippen molar-refractivity contribution in [2.75, 3.05) is 10.0 Å².